The zero-order valence-corrected chi connectivity index (χ0v) is 11.5. The summed E-state index contributed by atoms with van der Waals surface area (Å²) in [5.74, 6) is 0. The second-order valence-electron chi connectivity index (χ2n) is 4.38. The third-order valence-corrected chi connectivity index (χ3v) is 3.33. The number of rotatable bonds is 10. The highest BCUT2D eigenvalue weighted by atomic mass is 16.5. The highest BCUT2D eigenvalue weighted by molar-refractivity contribution is 4.78. The van der Waals surface area contributed by atoms with Crippen molar-refractivity contribution in [3.63, 3.8) is 0 Å². The van der Waals surface area contributed by atoms with E-state index in [1.807, 2.05) is 0 Å². The Labute approximate surface area is 101 Å². The summed E-state index contributed by atoms with van der Waals surface area (Å²) in [5.41, 5.74) is 5.90. The molecule has 0 aliphatic carbocycles. The van der Waals surface area contributed by atoms with Gasteiger partial charge in [0.25, 0.3) is 0 Å². The quantitative estimate of drug-likeness (QED) is 0.625. The van der Waals surface area contributed by atoms with Crippen molar-refractivity contribution in [2.24, 2.45) is 5.73 Å². The first-order chi connectivity index (χ1) is 7.74. The summed E-state index contributed by atoms with van der Waals surface area (Å²) in [5, 5.41) is 0. The van der Waals surface area contributed by atoms with Crippen molar-refractivity contribution in [3.8, 4) is 0 Å². The van der Waals surface area contributed by atoms with Crippen LogP contribution in [0.4, 0.5) is 0 Å². The Balaban J connectivity index is 4.46. The Morgan fingerprint density at radius 3 is 2.12 bits per heavy atom. The molecule has 0 aromatic carbocycles. The Bertz CT molecular complexity index is 149. The third-order valence-electron chi connectivity index (χ3n) is 3.33. The van der Waals surface area contributed by atoms with Crippen LogP contribution in [-0.4, -0.2) is 43.8 Å². The van der Waals surface area contributed by atoms with Crippen LogP contribution in [0.5, 0.6) is 0 Å². The number of nitrogens with two attached hydrogens (primary N) is 1. The SMILES string of the molecule is CCCC(CN)N(CCOC)C(CC)CC. The molecule has 0 bridgehead atoms. The van der Waals surface area contributed by atoms with E-state index in [9.17, 15) is 0 Å². The molecule has 3 heteroatoms. The minimum atomic E-state index is 0.519. The van der Waals surface area contributed by atoms with E-state index in [0.29, 0.717) is 12.1 Å². The molecule has 0 saturated carbocycles. The maximum atomic E-state index is 5.90. The van der Waals surface area contributed by atoms with Crippen molar-refractivity contribution in [1.29, 1.82) is 0 Å². The Morgan fingerprint density at radius 2 is 1.75 bits per heavy atom. The first-order valence-corrected chi connectivity index (χ1v) is 6.69. The molecule has 0 radical (unpaired) electrons. The van der Waals surface area contributed by atoms with Gasteiger partial charge in [-0.15, -0.1) is 0 Å². The van der Waals surface area contributed by atoms with Gasteiger partial charge in [0.15, 0.2) is 0 Å². The van der Waals surface area contributed by atoms with Gasteiger partial charge < -0.3 is 10.5 Å². The molecule has 98 valence electrons. The molecule has 0 aromatic rings. The normalized spacial score (nSPS) is 13.7. The summed E-state index contributed by atoms with van der Waals surface area (Å²) in [6.45, 7) is 9.31. The first kappa shape index (κ1) is 15.9. The lowest BCUT2D eigenvalue weighted by atomic mass is 10.0. The van der Waals surface area contributed by atoms with E-state index in [2.05, 4.69) is 25.7 Å². The molecule has 0 aliphatic rings. The van der Waals surface area contributed by atoms with Crippen molar-refractivity contribution in [2.75, 3.05) is 26.8 Å². The highest BCUT2D eigenvalue weighted by Crippen LogP contribution is 2.15. The fraction of sp³-hybridized carbons (Fsp3) is 1.00. The summed E-state index contributed by atoms with van der Waals surface area (Å²) in [6, 6.07) is 1.17. The van der Waals surface area contributed by atoms with E-state index < -0.39 is 0 Å². The maximum Gasteiger partial charge on any atom is 0.0589 e. The molecule has 2 N–H and O–H groups in total. The van der Waals surface area contributed by atoms with Gasteiger partial charge >= 0.3 is 0 Å². The molecular weight excluding hydrogens is 200 g/mol. The number of methoxy groups -OCH3 is 1. The predicted molar refractivity (Wildman–Crippen MR) is 70.7 cm³/mol. The molecule has 0 saturated heterocycles. The summed E-state index contributed by atoms with van der Waals surface area (Å²) in [7, 11) is 1.77. The molecule has 0 rings (SSSR count). The van der Waals surface area contributed by atoms with Crippen LogP contribution in [0.15, 0.2) is 0 Å². The Morgan fingerprint density at radius 1 is 1.12 bits per heavy atom. The zero-order chi connectivity index (χ0) is 12.4. The average Bonchev–Trinajstić information content (AvgIpc) is 2.32. The van der Waals surface area contributed by atoms with Gasteiger partial charge in [0, 0.05) is 32.3 Å². The van der Waals surface area contributed by atoms with Gasteiger partial charge in [-0.25, -0.2) is 0 Å². The number of nitrogens with zero attached hydrogens (tertiary/aromatic N) is 1. The lowest BCUT2D eigenvalue weighted by molar-refractivity contribution is 0.0782. The third kappa shape index (κ3) is 5.28. The molecule has 1 atom stereocenters. The minimum Gasteiger partial charge on any atom is -0.383 e. The molecular formula is C13H30N2O. The molecule has 0 aliphatic heterocycles. The lowest BCUT2D eigenvalue weighted by Gasteiger charge is -2.37. The van der Waals surface area contributed by atoms with E-state index in [1.54, 1.807) is 7.11 Å². The monoisotopic (exact) mass is 230 g/mol. The van der Waals surface area contributed by atoms with Gasteiger partial charge in [0.2, 0.25) is 0 Å². The van der Waals surface area contributed by atoms with Gasteiger partial charge in [-0.2, -0.15) is 0 Å². The van der Waals surface area contributed by atoms with Crippen LogP contribution < -0.4 is 5.73 Å². The molecule has 0 fully saturated rings. The van der Waals surface area contributed by atoms with Crippen molar-refractivity contribution in [3.05, 3.63) is 0 Å². The van der Waals surface area contributed by atoms with Crippen molar-refractivity contribution in [2.45, 2.75) is 58.5 Å². The molecule has 16 heavy (non-hydrogen) atoms. The van der Waals surface area contributed by atoms with Crippen LogP contribution in [0, 0.1) is 0 Å². The summed E-state index contributed by atoms with van der Waals surface area (Å²) in [6.07, 6.45) is 4.78. The molecule has 3 nitrogen and oxygen atoms in total. The van der Waals surface area contributed by atoms with Crippen molar-refractivity contribution in [1.82, 2.24) is 4.90 Å². The number of hydrogen-bond acceptors (Lipinski definition) is 3. The van der Waals surface area contributed by atoms with E-state index in [0.717, 1.165) is 19.7 Å². The number of hydrogen-bond donors (Lipinski definition) is 1. The smallest absolute Gasteiger partial charge is 0.0589 e. The van der Waals surface area contributed by atoms with Crippen LogP contribution in [-0.2, 0) is 4.74 Å². The van der Waals surface area contributed by atoms with E-state index in [4.69, 9.17) is 10.5 Å². The van der Waals surface area contributed by atoms with Crippen LogP contribution in [0.25, 0.3) is 0 Å². The van der Waals surface area contributed by atoms with Crippen molar-refractivity contribution < 1.29 is 4.74 Å². The Kier molecular flexibility index (Phi) is 9.99. The molecule has 0 amide bonds. The topological polar surface area (TPSA) is 38.5 Å². The second kappa shape index (κ2) is 10.1. The van der Waals surface area contributed by atoms with Gasteiger partial charge in [0.1, 0.15) is 0 Å². The zero-order valence-electron chi connectivity index (χ0n) is 11.5. The molecule has 0 heterocycles. The molecule has 0 spiro atoms. The van der Waals surface area contributed by atoms with Gasteiger partial charge in [0.05, 0.1) is 6.61 Å². The van der Waals surface area contributed by atoms with E-state index in [-0.39, 0.29) is 0 Å². The second-order valence-corrected chi connectivity index (χ2v) is 4.38. The van der Waals surface area contributed by atoms with Crippen LogP contribution in [0.1, 0.15) is 46.5 Å². The van der Waals surface area contributed by atoms with E-state index in [1.165, 1.54) is 25.7 Å². The van der Waals surface area contributed by atoms with Gasteiger partial charge in [-0.1, -0.05) is 27.2 Å². The van der Waals surface area contributed by atoms with Crippen LogP contribution in [0.3, 0.4) is 0 Å². The summed E-state index contributed by atoms with van der Waals surface area (Å²) >= 11 is 0. The molecule has 1 unspecified atom stereocenters. The highest BCUT2D eigenvalue weighted by Gasteiger charge is 2.22. The van der Waals surface area contributed by atoms with E-state index >= 15 is 0 Å². The standard InChI is InChI=1S/C13H30N2O/c1-5-8-13(11-14)15(9-10-16-4)12(6-2)7-3/h12-13H,5-11,14H2,1-4H3. The Hall–Kier alpha value is -0.120. The van der Waals surface area contributed by atoms with Crippen LogP contribution in [0.2, 0.25) is 0 Å². The maximum absolute atomic E-state index is 5.90. The van der Waals surface area contributed by atoms with Gasteiger partial charge in [-0.05, 0) is 19.3 Å². The predicted octanol–water partition coefficient (Wildman–Crippen LogP) is 2.25. The fourth-order valence-electron chi connectivity index (χ4n) is 2.37. The fourth-order valence-corrected chi connectivity index (χ4v) is 2.37. The van der Waals surface area contributed by atoms with Crippen molar-refractivity contribution >= 4 is 0 Å². The molecule has 0 aromatic heterocycles. The average molecular weight is 230 g/mol. The van der Waals surface area contributed by atoms with Gasteiger partial charge in [-0.3, -0.25) is 4.90 Å². The largest absolute Gasteiger partial charge is 0.383 e. The first-order valence-electron chi connectivity index (χ1n) is 6.69. The number of ether oxygens (including phenoxy) is 1. The summed E-state index contributed by atoms with van der Waals surface area (Å²) < 4.78 is 5.20. The van der Waals surface area contributed by atoms with Crippen LogP contribution >= 0.6 is 0 Å². The lowest BCUT2D eigenvalue weighted by Crippen LogP contribution is -2.48. The summed E-state index contributed by atoms with van der Waals surface area (Å²) in [4.78, 5) is 2.55. The minimum absolute atomic E-state index is 0.519.